The van der Waals surface area contributed by atoms with Gasteiger partial charge in [-0.05, 0) is 29.8 Å². The summed E-state index contributed by atoms with van der Waals surface area (Å²) in [5, 5.41) is 14.0. The molecule has 0 saturated carbocycles. The van der Waals surface area contributed by atoms with Crippen LogP contribution in [0.3, 0.4) is 0 Å². The van der Waals surface area contributed by atoms with Gasteiger partial charge in [-0.3, -0.25) is 10.1 Å². The Morgan fingerprint density at radius 2 is 1.70 bits per heavy atom. The fraction of sp³-hybridized carbons (Fsp3) is 0.294. The van der Waals surface area contributed by atoms with E-state index >= 15 is 0 Å². The highest BCUT2D eigenvalue weighted by atomic mass is 16.6. The van der Waals surface area contributed by atoms with Gasteiger partial charge in [-0.15, -0.1) is 0 Å². The minimum absolute atomic E-state index is 0.114. The first-order valence-corrected chi connectivity index (χ1v) is 7.62. The highest BCUT2D eigenvalue weighted by molar-refractivity contribution is 5.55. The van der Waals surface area contributed by atoms with Crippen LogP contribution in [0.15, 0.2) is 48.5 Å². The van der Waals surface area contributed by atoms with Crippen molar-refractivity contribution in [2.75, 3.05) is 36.5 Å². The largest absolute Gasteiger partial charge is 0.381 e. The Morgan fingerprint density at radius 3 is 2.30 bits per heavy atom. The minimum Gasteiger partial charge on any atom is -0.381 e. The molecule has 3 rings (SSSR count). The quantitative estimate of drug-likeness (QED) is 0.679. The monoisotopic (exact) mass is 313 g/mol. The van der Waals surface area contributed by atoms with E-state index in [2.05, 4.69) is 34.5 Å². The van der Waals surface area contributed by atoms with Crippen LogP contribution in [-0.2, 0) is 11.3 Å². The molecule has 0 radical (unpaired) electrons. The minimum atomic E-state index is -0.387. The lowest BCUT2D eigenvalue weighted by atomic mass is 10.2. The molecule has 1 aliphatic heterocycles. The number of benzene rings is 2. The van der Waals surface area contributed by atoms with Crippen molar-refractivity contribution in [2.45, 2.75) is 6.54 Å². The van der Waals surface area contributed by atoms with Crippen molar-refractivity contribution in [1.82, 2.24) is 0 Å². The van der Waals surface area contributed by atoms with Crippen molar-refractivity contribution < 1.29 is 9.66 Å². The highest BCUT2D eigenvalue weighted by Crippen LogP contribution is 2.20. The normalized spacial score (nSPS) is 14.5. The van der Waals surface area contributed by atoms with Crippen molar-refractivity contribution in [3.05, 3.63) is 64.2 Å². The van der Waals surface area contributed by atoms with Crippen molar-refractivity contribution in [3.8, 4) is 0 Å². The number of morpholine rings is 1. The molecule has 2 aromatic carbocycles. The van der Waals surface area contributed by atoms with Crippen LogP contribution in [0.2, 0.25) is 0 Å². The van der Waals surface area contributed by atoms with E-state index in [1.165, 1.54) is 17.8 Å². The summed E-state index contributed by atoms with van der Waals surface area (Å²) in [6, 6.07) is 14.9. The smallest absolute Gasteiger partial charge is 0.269 e. The molecule has 2 aromatic rings. The van der Waals surface area contributed by atoms with Crippen LogP contribution in [0.1, 0.15) is 5.56 Å². The van der Waals surface area contributed by atoms with Gasteiger partial charge in [0.05, 0.1) is 18.1 Å². The van der Waals surface area contributed by atoms with E-state index in [4.69, 9.17) is 4.74 Å². The van der Waals surface area contributed by atoms with E-state index < -0.39 is 0 Å². The standard InChI is InChI=1S/C17H19N3O3/c21-20(22)17-5-1-14(2-6-17)13-18-15-3-7-16(8-4-15)19-9-11-23-12-10-19/h1-8,18H,9-13H2. The Balaban J connectivity index is 1.56. The maximum atomic E-state index is 10.6. The average Bonchev–Trinajstić information content (AvgIpc) is 2.61. The van der Waals surface area contributed by atoms with Crippen molar-refractivity contribution >= 4 is 17.1 Å². The van der Waals surface area contributed by atoms with Crippen LogP contribution in [-0.4, -0.2) is 31.2 Å². The van der Waals surface area contributed by atoms with Crippen molar-refractivity contribution in [2.24, 2.45) is 0 Å². The molecule has 6 heteroatoms. The average molecular weight is 313 g/mol. The van der Waals surface area contributed by atoms with E-state index in [9.17, 15) is 10.1 Å². The third-order valence-electron chi connectivity index (χ3n) is 3.89. The van der Waals surface area contributed by atoms with Gasteiger partial charge in [-0.2, -0.15) is 0 Å². The summed E-state index contributed by atoms with van der Waals surface area (Å²) in [4.78, 5) is 12.6. The second-order valence-electron chi connectivity index (χ2n) is 5.42. The molecule has 1 aliphatic rings. The van der Waals surface area contributed by atoms with Gasteiger partial charge in [0.15, 0.2) is 0 Å². The van der Waals surface area contributed by atoms with Gasteiger partial charge >= 0.3 is 0 Å². The topological polar surface area (TPSA) is 67.6 Å². The van der Waals surface area contributed by atoms with Crippen LogP contribution in [0.5, 0.6) is 0 Å². The first kappa shape index (κ1) is 15.3. The first-order chi connectivity index (χ1) is 11.2. The molecule has 0 bridgehead atoms. The molecule has 120 valence electrons. The maximum Gasteiger partial charge on any atom is 0.269 e. The summed E-state index contributed by atoms with van der Waals surface area (Å²) in [5.74, 6) is 0. The lowest BCUT2D eigenvalue weighted by molar-refractivity contribution is -0.384. The van der Waals surface area contributed by atoms with Gasteiger partial charge < -0.3 is 15.0 Å². The molecule has 23 heavy (non-hydrogen) atoms. The number of hydrogen-bond acceptors (Lipinski definition) is 5. The lowest BCUT2D eigenvalue weighted by Gasteiger charge is -2.28. The van der Waals surface area contributed by atoms with Gasteiger partial charge in [-0.25, -0.2) is 0 Å². The number of rotatable bonds is 5. The zero-order valence-electron chi connectivity index (χ0n) is 12.8. The van der Waals surface area contributed by atoms with Crippen LogP contribution in [0.4, 0.5) is 17.1 Å². The molecule has 1 N–H and O–H groups in total. The van der Waals surface area contributed by atoms with Gasteiger partial charge in [0.2, 0.25) is 0 Å². The molecule has 0 aromatic heterocycles. The summed E-state index contributed by atoms with van der Waals surface area (Å²) < 4.78 is 5.36. The molecule has 0 spiro atoms. The second-order valence-corrected chi connectivity index (χ2v) is 5.42. The Kier molecular flexibility index (Phi) is 4.73. The number of nitro groups is 1. The van der Waals surface area contributed by atoms with Crippen LogP contribution in [0, 0.1) is 10.1 Å². The fourth-order valence-corrected chi connectivity index (χ4v) is 2.55. The summed E-state index contributed by atoms with van der Waals surface area (Å²) in [7, 11) is 0. The number of hydrogen-bond donors (Lipinski definition) is 1. The number of anilines is 2. The Hall–Kier alpha value is -2.60. The summed E-state index contributed by atoms with van der Waals surface area (Å²) in [6.07, 6.45) is 0. The Labute approximate surface area is 134 Å². The predicted octanol–water partition coefficient (Wildman–Crippen LogP) is 3.04. The van der Waals surface area contributed by atoms with E-state index in [0.29, 0.717) is 6.54 Å². The second kappa shape index (κ2) is 7.11. The zero-order valence-corrected chi connectivity index (χ0v) is 12.8. The van der Waals surface area contributed by atoms with Gasteiger partial charge in [0.25, 0.3) is 5.69 Å². The van der Waals surface area contributed by atoms with Gasteiger partial charge in [0.1, 0.15) is 0 Å². The molecule has 6 nitrogen and oxygen atoms in total. The first-order valence-electron chi connectivity index (χ1n) is 7.62. The van der Waals surface area contributed by atoms with Gasteiger partial charge in [0, 0.05) is 43.1 Å². The third-order valence-corrected chi connectivity index (χ3v) is 3.89. The predicted molar refractivity (Wildman–Crippen MR) is 89.9 cm³/mol. The molecular formula is C17H19N3O3. The Morgan fingerprint density at radius 1 is 1.04 bits per heavy atom. The SMILES string of the molecule is O=[N+]([O-])c1ccc(CNc2ccc(N3CCOCC3)cc2)cc1. The molecule has 1 heterocycles. The number of ether oxygens (including phenoxy) is 1. The molecule has 0 aliphatic carbocycles. The molecule has 1 saturated heterocycles. The van der Waals surface area contributed by atoms with E-state index in [1.54, 1.807) is 12.1 Å². The number of nitrogens with one attached hydrogen (secondary N) is 1. The fourth-order valence-electron chi connectivity index (χ4n) is 2.55. The summed E-state index contributed by atoms with van der Waals surface area (Å²) in [6.45, 7) is 4.04. The highest BCUT2D eigenvalue weighted by Gasteiger charge is 2.10. The summed E-state index contributed by atoms with van der Waals surface area (Å²) in [5.41, 5.74) is 3.35. The molecular weight excluding hydrogens is 294 g/mol. The van der Waals surface area contributed by atoms with E-state index in [-0.39, 0.29) is 10.6 Å². The maximum absolute atomic E-state index is 10.6. The van der Waals surface area contributed by atoms with Crippen LogP contribution < -0.4 is 10.2 Å². The molecule has 0 unspecified atom stereocenters. The number of nitro benzene ring substituents is 1. The van der Waals surface area contributed by atoms with Crippen LogP contribution >= 0.6 is 0 Å². The van der Waals surface area contributed by atoms with Gasteiger partial charge in [-0.1, -0.05) is 12.1 Å². The van der Waals surface area contributed by atoms with Crippen molar-refractivity contribution in [1.29, 1.82) is 0 Å². The van der Waals surface area contributed by atoms with Crippen molar-refractivity contribution in [3.63, 3.8) is 0 Å². The van der Waals surface area contributed by atoms with E-state index in [1.807, 2.05) is 0 Å². The zero-order chi connectivity index (χ0) is 16.1. The summed E-state index contributed by atoms with van der Waals surface area (Å²) >= 11 is 0. The lowest BCUT2D eigenvalue weighted by Crippen LogP contribution is -2.36. The third kappa shape index (κ3) is 3.98. The molecule has 1 fully saturated rings. The number of nitrogens with zero attached hydrogens (tertiary/aromatic N) is 2. The number of non-ortho nitro benzene ring substituents is 1. The molecule has 0 atom stereocenters. The van der Waals surface area contributed by atoms with E-state index in [0.717, 1.165) is 37.6 Å². The molecule has 0 amide bonds. The Bertz CT molecular complexity index is 650. The van der Waals surface area contributed by atoms with Crippen LogP contribution in [0.25, 0.3) is 0 Å².